The predicted molar refractivity (Wildman–Crippen MR) is 92.3 cm³/mol. The zero-order chi connectivity index (χ0) is 16.8. The maximum atomic E-state index is 12.4. The lowest BCUT2D eigenvalue weighted by Gasteiger charge is -2.31. The number of carbonyl (C=O) groups is 1. The number of nitrogens with zero attached hydrogens (tertiary/aromatic N) is 3. The molecule has 1 saturated heterocycles. The number of hydrogen-bond acceptors (Lipinski definition) is 4. The first-order valence-corrected chi connectivity index (χ1v) is 8.52. The van der Waals surface area contributed by atoms with E-state index in [0.717, 1.165) is 37.2 Å². The number of likely N-dealkylation sites (tertiary alicyclic amines) is 1. The summed E-state index contributed by atoms with van der Waals surface area (Å²) in [5, 5.41) is 4.01. The number of rotatable bonds is 5. The van der Waals surface area contributed by atoms with Crippen molar-refractivity contribution < 1.29 is 9.32 Å². The van der Waals surface area contributed by atoms with Crippen molar-refractivity contribution in [2.45, 2.75) is 38.5 Å². The molecule has 1 atom stereocenters. The Hall–Kier alpha value is -2.43. The van der Waals surface area contributed by atoms with Crippen LogP contribution in [0.5, 0.6) is 0 Å². The molecule has 2 heterocycles. The van der Waals surface area contributed by atoms with Gasteiger partial charge in [-0.15, -0.1) is 0 Å². The monoisotopic (exact) mass is 325 g/mol. The van der Waals surface area contributed by atoms with E-state index < -0.39 is 0 Å². The number of aromatic nitrogens is 2. The van der Waals surface area contributed by atoms with Gasteiger partial charge in [-0.05, 0) is 24.8 Å². The molecule has 0 saturated carbocycles. The van der Waals surface area contributed by atoms with Gasteiger partial charge in [-0.2, -0.15) is 4.98 Å². The van der Waals surface area contributed by atoms with Crippen molar-refractivity contribution in [2.24, 2.45) is 0 Å². The second-order valence-electron chi connectivity index (χ2n) is 6.20. The van der Waals surface area contributed by atoms with Gasteiger partial charge in [0, 0.05) is 32.4 Å². The van der Waals surface area contributed by atoms with Gasteiger partial charge in [0.1, 0.15) is 0 Å². The lowest BCUT2D eigenvalue weighted by Crippen LogP contribution is -2.39. The van der Waals surface area contributed by atoms with E-state index in [1.54, 1.807) is 6.92 Å². The molecule has 0 spiro atoms. The van der Waals surface area contributed by atoms with E-state index in [0.29, 0.717) is 18.9 Å². The Bertz CT molecular complexity index is 694. The summed E-state index contributed by atoms with van der Waals surface area (Å²) < 4.78 is 5.06. The van der Waals surface area contributed by atoms with E-state index >= 15 is 0 Å². The Morgan fingerprint density at radius 2 is 2.21 bits per heavy atom. The highest BCUT2D eigenvalue weighted by atomic mass is 16.5. The molecular weight excluding hydrogens is 302 g/mol. The zero-order valence-electron chi connectivity index (χ0n) is 14.0. The average Bonchev–Trinajstić information content (AvgIpc) is 3.06. The second-order valence-corrected chi connectivity index (χ2v) is 6.20. The van der Waals surface area contributed by atoms with Gasteiger partial charge in [0.25, 0.3) is 0 Å². The molecule has 0 aliphatic carbocycles. The smallest absolute Gasteiger partial charge is 0.223 e. The van der Waals surface area contributed by atoms with Gasteiger partial charge in [-0.3, -0.25) is 4.79 Å². The molecule has 1 aliphatic heterocycles. The van der Waals surface area contributed by atoms with Crippen molar-refractivity contribution in [3.8, 4) is 0 Å². The minimum Gasteiger partial charge on any atom is -0.342 e. The third-order valence-corrected chi connectivity index (χ3v) is 4.32. The fourth-order valence-electron chi connectivity index (χ4n) is 3.04. The molecule has 1 aliphatic rings. The standard InChI is InChI=1S/C19H23N3O2/c1-15-20-19(21-24-15)17-11-7-13-22(14-17)18(23)12-6-5-10-16-8-3-2-4-9-16/h2-5,8-10,17H,6-7,11-14H2,1H3/b10-5+/t17-/m0/s1. The van der Waals surface area contributed by atoms with Crippen LogP contribution >= 0.6 is 0 Å². The number of aryl methyl sites for hydroxylation is 1. The fraction of sp³-hybridized carbons (Fsp3) is 0.421. The third-order valence-electron chi connectivity index (χ3n) is 4.32. The maximum Gasteiger partial charge on any atom is 0.223 e. The summed E-state index contributed by atoms with van der Waals surface area (Å²) in [5.41, 5.74) is 1.16. The highest BCUT2D eigenvalue weighted by Crippen LogP contribution is 2.25. The molecule has 2 aromatic rings. The Kier molecular flexibility index (Phi) is 5.41. The van der Waals surface area contributed by atoms with Gasteiger partial charge < -0.3 is 9.42 Å². The first kappa shape index (κ1) is 16.4. The van der Waals surface area contributed by atoms with Crippen LogP contribution in [0.1, 0.15) is 48.9 Å². The summed E-state index contributed by atoms with van der Waals surface area (Å²) in [7, 11) is 0. The van der Waals surface area contributed by atoms with Crippen LogP contribution in [0, 0.1) is 6.92 Å². The molecular formula is C19H23N3O2. The first-order chi connectivity index (χ1) is 11.7. The van der Waals surface area contributed by atoms with Gasteiger partial charge in [0.2, 0.25) is 11.8 Å². The molecule has 24 heavy (non-hydrogen) atoms. The third kappa shape index (κ3) is 4.31. The topological polar surface area (TPSA) is 59.2 Å². The van der Waals surface area contributed by atoms with Crippen LogP contribution in [-0.4, -0.2) is 34.0 Å². The van der Waals surface area contributed by atoms with Crippen LogP contribution in [0.4, 0.5) is 0 Å². The molecule has 1 amide bonds. The van der Waals surface area contributed by atoms with Crippen molar-refractivity contribution in [1.29, 1.82) is 0 Å². The number of allylic oxidation sites excluding steroid dienone is 1. The highest BCUT2D eigenvalue weighted by molar-refractivity contribution is 5.76. The normalized spacial score (nSPS) is 18.2. The Morgan fingerprint density at radius 1 is 1.38 bits per heavy atom. The molecule has 0 radical (unpaired) electrons. The molecule has 0 unspecified atom stereocenters. The SMILES string of the molecule is Cc1nc([C@H]2CCCN(C(=O)CC/C=C/c3ccccc3)C2)no1. The number of hydrogen-bond donors (Lipinski definition) is 0. The minimum absolute atomic E-state index is 0.194. The van der Waals surface area contributed by atoms with E-state index in [4.69, 9.17) is 4.52 Å². The van der Waals surface area contributed by atoms with Gasteiger partial charge >= 0.3 is 0 Å². The van der Waals surface area contributed by atoms with Crippen molar-refractivity contribution in [1.82, 2.24) is 15.0 Å². The van der Waals surface area contributed by atoms with Crippen LogP contribution in [-0.2, 0) is 4.79 Å². The Morgan fingerprint density at radius 3 is 2.96 bits per heavy atom. The van der Waals surface area contributed by atoms with Crippen molar-refractivity contribution in [3.05, 3.63) is 53.7 Å². The molecule has 0 N–H and O–H groups in total. The summed E-state index contributed by atoms with van der Waals surface area (Å²) >= 11 is 0. The summed E-state index contributed by atoms with van der Waals surface area (Å²) in [6.07, 6.45) is 7.43. The second kappa shape index (κ2) is 7.90. The van der Waals surface area contributed by atoms with Gasteiger partial charge in [0.05, 0.1) is 0 Å². The summed E-state index contributed by atoms with van der Waals surface area (Å²) in [6, 6.07) is 10.1. The Labute approximate surface area is 142 Å². The van der Waals surface area contributed by atoms with Gasteiger partial charge in [0.15, 0.2) is 5.82 Å². The van der Waals surface area contributed by atoms with Gasteiger partial charge in [-0.25, -0.2) is 0 Å². The van der Waals surface area contributed by atoms with E-state index in [-0.39, 0.29) is 11.8 Å². The van der Waals surface area contributed by atoms with E-state index in [2.05, 4.69) is 34.4 Å². The Balaban J connectivity index is 1.48. The lowest BCUT2D eigenvalue weighted by atomic mass is 9.97. The van der Waals surface area contributed by atoms with Crippen LogP contribution < -0.4 is 0 Å². The molecule has 126 valence electrons. The summed E-state index contributed by atoms with van der Waals surface area (Å²) in [4.78, 5) is 18.7. The molecule has 1 aromatic carbocycles. The minimum atomic E-state index is 0.194. The van der Waals surface area contributed by atoms with Crippen molar-refractivity contribution in [2.75, 3.05) is 13.1 Å². The van der Waals surface area contributed by atoms with Crippen LogP contribution in [0.3, 0.4) is 0 Å². The maximum absolute atomic E-state index is 12.4. The van der Waals surface area contributed by atoms with Gasteiger partial charge in [-0.1, -0.05) is 47.6 Å². The fourth-order valence-corrected chi connectivity index (χ4v) is 3.04. The van der Waals surface area contributed by atoms with Crippen LogP contribution in [0.2, 0.25) is 0 Å². The number of piperidine rings is 1. The van der Waals surface area contributed by atoms with Crippen LogP contribution in [0.25, 0.3) is 6.08 Å². The molecule has 5 heteroatoms. The van der Waals surface area contributed by atoms with Crippen molar-refractivity contribution in [3.63, 3.8) is 0 Å². The molecule has 1 aromatic heterocycles. The van der Waals surface area contributed by atoms with E-state index in [9.17, 15) is 4.79 Å². The number of amides is 1. The van der Waals surface area contributed by atoms with E-state index in [1.807, 2.05) is 23.1 Å². The molecule has 0 bridgehead atoms. The van der Waals surface area contributed by atoms with E-state index in [1.165, 1.54) is 0 Å². The van der Waals surface area contributed by atoms with Crippen molar-refractivity contribution >= 4 is 12.0 Å². The highest BCUT2D eigenvalue weighted by Gasteiger charge is 2.27. The summed E-state index contributed by atoms with van der Waals surface area (Å²) in [5.74, 6) is 1.71. The quantitative estimate of drug-likeness (QED) is 0.843. The number of carbonyl (C=O) groups excluding carboxylic acids is 1. The predicted octanol–water partition coefficient (Wildman–Crippen LogP) is 3.58. The largest absolute Gasteiger partial charge is 0.342 e. The number of benzene rings is 1. The van der Waals surface area contributed by atoms with Crippen LogP contribution in [0.15, 0.2) is 40.9 Å². The first-order valence-electron chi connectivity index (χ1n) is 8.52. The summed E-state index contributed by atoms with van der Waals surface area (Å²) in [6.45, 7) is 3.32. The molecule has 1 fully saturated rings. The molecule has 5 nitrogen and oxygen atoms in total. The lowest BCUT2D eigenvalue weighted by molar-refractivity contribution is -0.132. The molecule has 3 rings (SSSR count). The zero-order valence-corrected chi connectivity index (χ0v) is 14.0. The average molecular weight is 325 g/mol.